The van der Waals surface area contributed by atoms with Crippen LogP contribution in [0.4, 0.5) is 5.69 Å². The lowest BCUT2D eigenvalue weighted by Crippen LogP contribution is -2.16. The zero-order valence-electron chi connectivity index (χ0n) is 15.8. The molecule has 0 unspecified atom stereocenters. The first kappa shape index (κ1) is 19.7. The highest BCUT2D eigenvalue weighted by Gasteiger charge is 2.17. The monoisotopic (exact) mass is 463 g/mol. The summed E-state index contributed by atoms with van der Waals surface area (Å²) >= 11 is 3.28. The maximum atomic E-state index is 12.6. The summed E-state index contributed by atoms with van der Waals surface area (Å²) in [6.07, 6.45) is 1.87. The molecule has 0 bridgehead atoms. The van der Waals surface area contributed by atoms with Crippen LogP contribution in [-0.2, 0) is 11.2 Å². The van der Waals surface area contributed by atoms with Crippen LogP contribution in [0.25, 0.3) is 16.9 Å². The smallest absolute Gasteiger partial charge is 0.228 e. The molecule has 3 aromatic carbocycles. The zero-order chi connectivity index (χ0) is 21.1. The van der Waals surface area contributed by atoms with E-state index < -0.39 is 0 Å². The average molecular weight is 464 g/mol. The Hall–Kier alpha value is -3.58. The van der Waals surface area contributed by atoms with Crippen LogP contribution >= 0.6 is 15.9 Å². The van der Waals surface area contributed by atoms with Gasteiger partial charge in [-0.25, -0.2) is 4.68 Å². The fourth-order valence-electron chi connectivity index (χ4n) is 3.19. The number of aromatic hydroxyl groups is 2. The number of halogens is 1. The summed E-state index contributed by atoms with van der Waals surface area (Å²) in [5, 5.41) is 27.5. The maximum absolute atomic E-state index is 12.6. The van der Waals surface area contributed by atoms with Crippen LogP contribution in [-0.4, -0.2) is 25.9 Å². The number of nitrogens with zero attached hydrogens (tertiary/aromatic N) is 2. The molecule has 6 nitrogen and oxygen atoms in total. The number of phenolic OH excluding ortho intramolecular Hbond substituents is 2. The molecule has 1 heterocycles. The zero-order valence-corrected chi connectivity index (χ0v) is 17.4. The van der Waals surface area contributed by atoms with Gasteiger partial charge in [0.15, 0.2) is 0 Å². The Morgan fingerprint density at radius 3 is 2.50 bits per heavy atom. The van der Waals surface area contributed by atoms with Gasteiger partial charge in [-0.1, -0.05) is 42.5 Å². The van der Waals surface area contributed by atoms with Gasteiger partial charge in [-0.15, -0.1) is 0 Å². The van der Waals surface area contributed by atoms with Crippen molar-refractivity contribution in [3.05, 3.63) is 89.0 Å². The van der Waals surface area contributed by atoms with E-state index in [-0.39, 0.29) is 23.8 Å². The van der Waals surface area contributed by atoms with Crippen molar-refractivity contribution in [1.82, 2.24) is 9.78 Å². The van der Waals surface area contributed by atoms with Gasteiger partial charge in [-0.3, -0.25) is 4.79 Å². The third-order valence-electron chi connectivity index (χ3n) is 4.60. The summed E-state index contributed by atoms with van der Waals surface area (Å²) in [6, 6.07) is 21.5. The molecule has 0 fully saturated rings. The normalized spacial score (nSPS) is 10.7. The summed E-state index contributed by atoms with van der Waals surface area (Å²) in [4.78, 5) is 12.6. The van der Waals surface area contributed by atoms with Crippen molar-refractivity contribution in [2.24, 2.45) is 0 Å². The van der Waals surface area contributed by atoms with E-state index in [1.165, 1.54) is 6.07 Å². The number of carbonyl (C=O) groups is 1. The molecule has 0 aliphatic rings. The van der Waals surface area contributed by atoms with E-state index in [2.05, 4.69) is 26.3 Å². The number of nitrogens with one attached hydrogen (secondary N) is 1. The van der Waals surface area contributed by atoms with Crippen molar-refractivity contribution < 1.29 is 15.0 Å². The van der Waals surface area contributed by atoms with Gasteiger partial charge in [0.25, 0.3) is 0 Å². The highest BCUT2D eigenvalue weighted by Crippen LogP contribution is 2.38. The summed E-state index contributed by atoms with van der Waals surface area (Å²) in [6.45, 7) is 0. The molecule has 0 spiro atoms. The van der Waals surface area contributed by atoms with Gasteiger partial charge < -0.3 is 15.5 Å². The lowest BCUT2D eigenvalue weighted by Gasteiger charge is -2.15. The summed E-state index contributed by atoms with van der Waals surface area (Å²) in [5.41, 5.74) is 3.27. The minimum Gasteiger partial charge on any atom is -0.507 e. The quantitative estimate of drug-likeness (QED) is 0.393. The third-order valence-corrected chi connectivity index (χ3v) is 5.23. The Balaban J connectivity index is 1.68. The molecular formula is C23H18BrN3O3. The molecule has 0 saturated carbocycles. The predicted octanol–water partition coefficient (Wildman–Crippen LogP) is 4.89. The fourth-order valence-corrected chi connectivity index (χ4v) is 3.54. The van der Waals surface area contributed by atoms with Crippen molar-refractivity contribution in [3.63, 3.8) is 0 Å². The number of carbonyl (C=O) groups excluding carboxylic acids is 1. The highest BCUT2D eigenvalue weighted by molar-refractivity contribution is 9.10. The Morgan fingerprint density at radius 1 is 0.967 bits per heavy atom. The number of hydrogen-bond donors (Lipinski definition) is 3. The van der Waals surface area contributed by atoms with Crippen molar-refractivity contribution in [2.45, 2.75) is 6.42 Å². The molecule has 4 aromatic rings. The fraction of sp³-hybridized carbons (Fsp3) is 0.0435. The first-order valence-corrected chi connectivity index (χ1v) is 10.0. The topological polar surface area (TPSA) is 87.4 Å². The average Bonchev–Trinajstić information content (AvgIpc) is 3.21. The molecule has 7 heteroatoms. The van der Waals surface area contributed by atoms with Gasteiger partial charge in [-0.2, -0.15) is 5.10 Å². The van der Waals surface area contributed by atoms with E-state index in [1.54, 1.807) is 29.1 Å². The highest BCUT2D eigenvalue weighted by atomic mass is 79.9. The Labute approximate surface area is 181 Å². The molecule has 0 aliphatic heterocycles. The number of hydrogen-bond acceptors (Lipinski definition) is 4. The number of aromatic nitrogens is 2. The van der Waals surface area contributed by atoms with Crippen molar-refractivity contribution in [2.75, 3.05) is 5.32 Å². The van der Waals surface area contributed by atoms with E-state index in [9.17, 15) is 15.0 Å². The molecule has 1 aromatic heterocycles. The van der Waals surface area contributed by atoms with E-state index >= 15 is 0 Å². The van der Waals surface area contributed by atoms with E-state index in [0.29, 0.717) is 27.1 Å². The van der Waals surface area contributed by atoms with Crippen LogP contribution in [0.5, 0.6) is 11.5 Å². The Kier molecular flexibility index (Phi) is 5.54. The van der Waals surface area contributed by atoms with Gasteiger partial charge in [0.2, 0.25) is 5.91 Å². The van der Waals surface area contributed by atoms with Crippen molar-refractivity contribution in [3.8, 4) is 28.4 Å². The second kappa shape index (κ2) is 8.42. The van der Waals surface area contributed by atoms with Crippen molar-refractivity contribution >= 4 is 27.5 Å². The molecule has 30 heavy (non-hydrogen) atoms. The number of amides is 1. The van der Waals surface area contributed by atoms with Crippen molar-refractivity contribution in [1.29, 1.82) is 0 Å². The van der Waals surface area contributed by atoms with Crippen LogP contribution in [0, 0.1) is 0 Å². The van der Waals surface area contributed by atoms with Crippen LogP contribution in [0.1, 0.15) is 5.56 Å². The molecule has 4 rings (SSSR count). The minimum absolute atomic E-state index is 0.0594. The van der Waals surface area contributed by atoms with Crippen LogP contribution in [0.15, 0.2) is 83.5 Å². The second-order valence-corrected chi connectivity index (χ2v) is 7.53. The van der Waals surface area contributed by atoms with E-state index in [0.717, 1.165) is 5.56 Å². The molecule has 0 atom stereocenters. The number of anilines is 1. The number of benzene rings is 3. The number of para-hydroxylation sites is 2. The Morgan fingerprint density at radius 2 is 1.70 bits per heavy atom. The van der Waals surface area contributed by atoms with Gasteiger partial charge >= 0.3 is 0 Å². The van der Waals surface area contributed by atoms with Gasteiger partial charge in [-0.05, 0) is 45.8 Å². The second-order valence-electron chi connectivity index (χ2n) is 6.68. The maximum Gasteiger partial charge on any atom is 0.228 e. The summed E-state index contributed by atoms with van der Waals surface area (Å²) < 4.78 is 2.09. The van der Waals surface area contributed by atoms with Crippen LogP contribution in [0.3, 0.4) is 0 Å². The SMILES string of the molecule is O=C(Cc1ccccc1)Nc1ccccc1-n1nccc1-c1cc(Br)c(O)cc1O. The lowest BCUT2D eigenvalue weighted by molar-refractivity contribution is -0.115. The Bertz CT molecular complexity index is 1210. The third kappa shape index (κ3) is 4.06. The lowest BCUT2D eigenvalue weighted by atomic mass is 10.1. The first-order valence-electron chi connectivity index (χ1n) is 9.22. The van der Waals surface area contributed by atoms with Gasteiger partial charge in [0.1, 0.15) is 11.5 Å². The van der Waals surface area contributed by atoms with Crippen LogP contribution < -0.4 is 5.32 Å². The van der Waals surface area contributed by atoms with E-state index in [4.69, 9.17) is 0 Å². The summed E-state index contributed by atoms with van der Waals surface area (Å²) in [7, 11) is 0. The molecule has 3 N–H and O–H groups in total. The molecule has 0 aliphatic carbocycles. The predicted molar refractivity (Wildman–Crippen MR) is 119 cm³/mol. The largest absolute Gasteiger partial charge is 0.507 e. The minimum atomic E-state index is -0.141. The molecule has 0 radical (unpaired) electrons. The van der Waals surface area contributed by atoms with E-state index in [1.807, 2.05) is 48.5 Å². The van der Waals surface area contributed by atoms with Gasteiger partial charge in [0.05, 0.1) is 34.2 Å². The molecule has 1 amide bonds. The summed E-state index contributed by atoms with van der Waals surface area (Å²) in [5.74, 6) is -0.281. The first-order chi connectivity index (χ1) is 14.5. The molecule has 150 valence electrons. The van der Waals surface area contributed by atoms with Gasteiger partial charge in [0, 0.05) is 11.6 Å². The standard InChI is InChI=1S/C23H18BrN3O3/c24-17-13-16(21(28)14-22(17)29)19-10-11-25-27(19)20-9-5-4-8-18(20)26-23(30)12-15-6-2-1-3-7-15/h1-11,13-14,28-29H,12H2,(H,26,30). The molecular weight excluding hydrogens is 446 g/mol. The number of rotatable bonds is 5. The number of phenols is 2. The molecule has 0 saturated heterocycles. The van der Waals surface area contributed by atoms with Crippen LogP contribution in [0.2, 0.25) is 0 Å².